The molecule has 0 spiro atoms. The third-order valence-corrected chi connectivity index (χ3v) is 0.783. The Balaban J connectivity index is 0. The summed E-state index contributed by atoms with van der Waals surface area (Å²) in [4.78, 5) is 10.7. The van der Waals surface area contributed by atoms with Crippen molar-refractivity contribution in [1.82, 2.24) is 16.0 Å². The molecule has 0 saturated carbocycles. The van der Waals surface area contributed by atoms with Crippen LogP contribution in [0.3, 0.4) is 0 Å². The van der Waals surface area contributed by atoms with Gasteiger partial charge in [-0.15, -0.1) is 9.80 Å². The zero-order valence-corrected chi connectivity index (χ0v) is 6.30. The molecule has 0 atom stereocenters. The molecule has 0 saturated heterocycles. The predicted molar refractivity (Wildman–Crippen MR) is 36.5 cm³/mol. The molecule has 0 aliphatic carbocycles. The number of urea groups is 1. The van der Waals surface area contributed by atoms with Crippen molar-refractivity contribution < 1.29 is 4.79 Å². The maximum atomic E-state index is 10.7. The van der Waals surface area contributed by atoms with Crippen LogP contribution in [0.4, 0.5) is 4.79 Å². The van der Waals surface area contributed by atoms with Crippen LogP contribution in [0.2, 0.25) is 0 Å². The molecule has 13 heavy (non-hydrogen) atoms. The standard InChI is InChI=1S/C5N6O.H3N/c6-1-10(2-7)5(12)11(3-8)4-9;/h;1H3. The Hall–Kier alpha value is -2.81. The lowest BCUT2D eigenvalue weighted by molar-refractivity contribution is 0.216. The zero-order valence-electron chi connectivity index (χ0n) is 6.30. The van der Waals surface area contributed by atoms with E-state index in [2.05, 4.69) is 0 Å². The summed E-state index contributed by atoms with van der Waals surface area (Å²) in [6, 6.07) is -1.29. The fourth-order valence-electron chi connectivity index (χ4n) is 0.316. The maximum Gasteiger partial charge on any atom is 0.374 e. The Bertz CT molecular complexity index is 285. The van der Waals surface area contributed by atoms with Gasteiger partial charge in [-0.1, -0.05) is 0 Å². The number of hydrogen-bond donors (Lipinski definition) is 1. The van der Waals surface area contributed by atoms with Gasteiger partial charge in [-0.3, -0.25) is 0 Å². The number of carbonyl (C=O) groups excluding carboxylic acids is 1. The molecule has 8 heteroatoms. The summed E-state index contributed by atoms with van der Waals surface area (Å²) in [5.41, 5.74) is 0. The summed E-state index contributed by atoms with van der Waals surface area (Å²) < 4.78 is 0. The van der Waals surface area contributed by atoms with Crippen molar-refractivity contribution in [2.24, 2.45) is 0 Å². The minimum atomic E-state index is -1.29. The predicted octanol–water partition coefficient (Wildman–Crippen LogP) is -0.203. The van der Waals surface area contributed by atoms with Crippen molar-refractivity contribution >= 4 is 6.03 Å². The van der Waals surface area contributed by atoms with Gasteiger partial charge in [-0.2, -0.15) is 21.0 Å². The van der Waals surface area contributed by atoms with Crippen molar-refractivity contribution in [2.75, 3.05) is 0 Å². The zero-order chi connectivity index (χ0) is 9.56. The summed E-state index contributed by atoms with van der Waals surface area (Å²) in [5.74, 6) is 0. The fraction of sp³-hybridized carbons (Fsp3) is 0. The Morgan fingerprint density at radius 1 is 0.846 bits per heavy atom. The summed E-state index contributed by atoms with van der Waals surface area (Å²) in [7, 11) is 0. The number of rotatable bonds is 0. The van der Waals surface area contributed by atoms with Crippen LogP contribution in [0.25, 0.3) is 0 Å². The SMILES string of the molecule is N.N#CN(C#N)C(=O)N(C#N)C#N. The Morgan fingerprint density at radius 2 is 1.08 bits per heavy atom. The van der Waals surface area contributed by atoms with E-state index < -0.39 is 6.03 Å². The molecule has 64 valence electrons. The maximum absolute atomic E-state index is 10.7. The molecule has 0 rings (SSSR count). The third kappa shape index (κ3) is 2.73. The molecule has 3 N–H and O–H groups in total. The molecule has 0 fully saturated rings. The van der Waals surface area contributed by atoms with Crippen molar-refractivity contribution in [2.45, 2.75) is 0 Å². The quantitative estimate of drug-likeness (QED) is 0.399. The number of nitrogens with zero attached hydrogens (tertiary/aromatic N) is 6. The van der Waals surface area contributed by atoms with Crippen molar-refractivity contribution in [3.05, 3.63) is 0 Å². The van der Waals surface area contributed by atoms with Gasteiger partial charge in [0.15, 0.2) is 0 Å². The van der Waals surface area contributed by atoms with Crippen LogP contribution >= 0.6 is 0 Å². The van der Waals surface area contributed by atoms with Crippen LogP contribution in [-0.2, 0) is 0 Å². The lowest BCUT2D eigenvalue weighted by Gasteiger charge is -2.04. The van der Waals surface area contributed by atoms with E-state index in [1.807, 2.05) is 0 Å². The van der Waals surface area contributed by atoms with Gasteiger partial charge in [0.25, 0.3) is 0 Å². The smallest absolute Gasteiger partial charge is 0.344 e. The molecule has 0 bridgehead atoms. The van der Waals surface area contributed by atoms with Gasteiger partial charge in [-0.05, 0) is 0 Å². The minimum Gasteiger partial charge on any atom is -0.344 e. The van der Waals surface area contributed by atoms with Gasteiger partial charge in [0, 0.05) is 0 Å². The highest BCUT2D eigenvalue weighted by atomic mass is 16.2. The fourth-order valence-corrected chi connectivity index (χ4v) is 0.316. The Kier molecular flexibility index (Phi) is 5.86. The second-order valence-electron chi connectivity index (χ2n) is 1.35. The van der Waals surface area contributed by atoms with E-state index >= 15 is 0 Å². The normalized spacial score (nSPS) is 5.85. The first-order valence-electron chi connectivity index (χ1n) is 2.44. The highest BCUT2D eigenvalue weighted by Crippen LogP contribution is 1.92. The number of nitriles is 4. The Labute approximate surface area is 73.6 Å². The first kappa shape index (κ1) is 12.8. The molecule has 0 unspecified atom stereocenters. The molecule has 0 aromatic heterocycles. The van der Waals surface area contributed by atoms with E-state index in [1.54, 1.807) is 0 Å². The Morgan fingerprint density at radius 3 is 1.23 bits per heavy atom. The van der Waals surface area contributed by atoms with Gasteiger partial charge in [-0.25, -0.2) is 4.79 Å². The molecular formula is C5H3N7O. The topological polar surface area (TPSA) is 154 Å². The van der Waals surface area contributed by atoms with E-state index in [1.165, 1.54) is 24.8 Å². The molecule has 2 amide bonds. The van der Waals surface area contributed by atoms with Gasteiger partial charge >= 0.3 is 6.03 Å². The van der Waals surface area contributed by atoms with Crippen LogP contribution < -0.4 is 6.15 Å². The number of amides is 2. The van der Waals surface area contributed by atoms with Gasteiger partial charge < -0.3 is 6.15 Å². The highest BCUT2D eigenvalue weighted by molar-refractivity contribution is 5.80. The lowest BCUT2D eigenvalue weighted by atomic mass is 10.7. The van der Waals surface area contributed by atoms with E-state index in [9.17, 15) is 4.79 Å². The van der Waals surface area contributed by atoms with Crippen LogP contribution in [0.5, 0.6) is 0 Å². The van der Waals surface area contributed by atoms with Gasteiger partial charge in [0.1, 0.15) is 0 Å². The van der Waals surface area contributed by atoms with Crippen molar-refractivity contribution in [3.8, 4) is 24.8 Å². The summed E-state index contributed by atoms with van der Waals surface area (Å²) in [5, 5.41) is 32.5. The molecule has 0 heterocycles. The van der Waals surface area contributed by atoms with Gasteiger partial charge in [0.2, 0.25) is 24.8 Å². The third-order valence-electron chi connectivity index (χ3n) is 0.783. The molecule has 0 aliphatic heterocycles. The second kappa shape index (κ2) is 5.94. The van der Waals surface area contributed by atoms with E-state index in [0.717, 1.165) is 0 Å². The molecule has 8 nitrogen and oxygen atoms in total. The summed E-state index contributed by atoms with van der Waals surface area (Å²) in [6.45, 7) is 0. The average Bonchev–Trinajstić information content (AvgIpc) is 2.09. The summed E-state index contributed by atoms with van der Waals surface area (Å²) >= 11 is 0. The number of hydrogen-bond acceptors (Lipinski definition) is 6. The molecular weight excluding hydrogens is 174 g/mol. The van der Waals surface area contributed by atoms with Crippen molar-refractivity contribution in [1.29, 1.82) is 21.0 Å². The van der Waals surface area contributed by atoms with Crippen LogP contribution in [0, 0.1) is 45.8 Å². The minimum absolute atomic E-state index is 0. The first-order chi connectivity index (χ1) is 5.71. The highest BCUT2D eigenvalue weighted by Gasteiger charge is 2.20. The van der Waals surface area contributed by atoms with Crippen LogP contribution in [0.15, 0.2) is 0 Å². The van der Waals surface area contributed by atoms with Crippen LogP contribution in [-0.4, -0.2) is 15.8 Å². The molecule has 0 aliphatic rings. The summed E-state index contributed by atoms with van der Waals surface area (Å²) in [6.07, 6.45) is 4.72. The monoisotopic (exact) mass is 177 g/mol. The molecule has 0 radical (unpaired) electrons. The first-order valence-corrected chi connectivity index (χ1v) is 2.44. The van der Waals surface area contributed by atoms with E-state index in [-0.39, 0.29) is 16.0 Å². The number of carbonyl (C=O) groups is 1. The van der Waals surface area contributed by atoms with Crippen molar-refractivity contribution in [3.63, 3.8) is 0 Å². The van der Waals surface area contributed by atoms with Gasteiger partial charge in [0.05, 0.1) is 0 Å². The lowest BCUT2D eigenvalue weighted by Crippen LogP contribution is -2.31. The average molecular weight is 177 g/mol. The van der Waals surface area contributed by atoms with Crippen LogP contribution in [0.1, 0.15) is 0 Å². The molecule has 0 aromatic rings. The largest absolute Gasteiger partial charge is 0.374 e. The van der Waals surface area contributed by atoms with E-state index in [0.29, 0.717) is 0 Å². The second-order valence-corrected chi connectivity index (χ2v) is 1.35. The van der Waals surface area contributed by atoms with E-state index in [4.69, 9.17) is 21.0 Å². The molecule has 0 aromatic carbocycles.